The number of hydrogen-bond donors (Lipinski definition) is 0. The van der Waals surface area contributed by atoms with E-state index in [4.69, 9.17) is 26.3 Å². The normalized spacial score (nSPS) is 13.5. The second kappa shape index (κ2) is 5.26. The standard InChI is InChI=1S/C12H13ClN2O2/c1-15(3-2-14)8-9-6-10(13)12-11(7-9)16-4-5-17-12/h6-7H,3-5,8H2,1H3. The third kappa shape index (κ3) is 2.82. The summed E-state index contributed by atoms with van der Waals surface area (Å²) in [6, 6.07) is 5.86. The van der Waals surface area contributed by atoms with Crippen LogP contribution in [0.15, 0.2) is 12.1 Å². The van der Waals surface area contributed by atoms with E-state index in [2.05, 4.69) is 6.07 Å². The Balaban J connectivity index is 2.19. The molecule has 17 heavy (non-hydrogen) atoms. The summed E-state index contributed by atoms with van der Waals surface area (Å²) in [5.74, 6) is 1.30. The van der Waals surface area contributed by atoms with Crippen molar-refractivity contribution in [3.05, 3.63) is 22.7 Å². The SMILES string of the molecule is CN(CC#N)Cc1cc(Cl)c2c(c1)OCCO2. The molecule has 0 aliphatic carbocycles. The van der Waals surface area contributed by atoms with Gasteiger partial charge in [0.15, 0.2) is 11.5 Å². The van der Waals surface area contributed by atoms with Gasteiger partial charge < -0.3 is 9.47 Å². The van der Waals surface area contributed by atoms with Crippen molar-refractivity contribution < 1.29 is 9.47 Å². The zero-order chi connectivity index (χ0) is 12.3. The average molecular weight is 253 g/mol. The highest BCUT2D eigenvalue weighted by molar-refractivity contribution is 6.32. The number of ether oxygens (including phenoxy) is 2. The first-order valence-corrected chi connectivity index (χ1v) is 5.72. The predicted molar refractivity (Wildman–Crippen MR) is 64.4 cm³/mol. The van der Waals surface area contributed by atoms with Gasteiger partial charge in [-0.2, -0.15) is 5.26 Å². The minimum atomic E-state index is 0.381. The van der Waals surface area contributed by atoms with Crippen molar-refractivity contribution in [2.24, 2.45) is 0 Å². The lowest BCUT2D eigenvalue weighted by molar-refractivity contribution is 0.171. The van der Waals surface area contributed by atoms with Gasteiger partial charge in [-0.3, -0.25) is 4.90 Å². The van der Waals surface area contributed by atoms with E-state index in [9.17, 15) is 0 Å². The molecule has 1 aliphatic heterocycles. The highest BCUT2D eigenvalue weighted by Crippen LogP contribution is 2.38. The van der Waals surface area contributed by atoms with Gasteiger partial charge in [-0.15, -0.1) is 0 Å². The molecule has 2 rings (SSSR count). The Kier molecular flexibility index (Phi) is 3.72. The van der Waals surface area contributed by atoms with Crippen LogP contribution >= 0.6 is 11.6 Å². The van der Waals surface area contributed by atoms with Gasteiger partial charge in [-0.05, 0) is 24.7 Å². The van der Waals surface area contributed by atoms with Gasteiger partial charge in [-0.1, -0.05) is 11.6 Å². The summed E-state index contributed by atoms with van der Waals surface area (Å²) in [5, 5.41) is 9.16. The van der Waals surface area contributed by atoms with E-state index in [-0.39, 0.29) is 0 Å². The highest BCUT2D eigenvalue weighted by Gasteiger charge is 2.16. The number of nitriles is 1. The zero-order valence-corrected chi connectivity index (χ0v) is 10.3. The molecule has 0 amide bonds. The molecule has 1 aliphatic rings. The Morgan fingerprint density at radius 2 is 2.18 bits per heavy atom. The van der Waals surface area contributed by atoms with Crippen LogP contribution in [0.25, 0.3) is 0 Å². The van der Waals surface area contributed by atoms with Crippen molar-refractivity contribution in [3.8, 4) is 17.6 Å². The van der Waals surface area contributed by atoms with E-state index in [0.29, 0.717) is 42.8 Å². The molecule has 1 aromatic rings. The van der Waals surface area contributed by atoms with Crippen molar-refractivity contribution in [1.29, 1.82) is 5.26 Å². The van der Waals surface area contributed by atoms with Crippen LogP contribution in [0.1, 0.15) is 5.56 Å². The van der Waals surface area contributed by atoms with Gasteiger partial charge >= 0.3 is 0 Å². The third-order valence-corrected chi connectivity index (χ3v) is 2.73. The van der Waals surface area contributed by atoms with Crippen molar-refractivity contribution in [1.82, 2.24) is 4.90 Å². The number of benzene rings is 1. The third-order valence-electron chi connectivity index (χ3n) is 2.45. The Labute approximate surface area is 105 Å². The fourth-order valence-corrected chi connectivity index (χ4v) is 2.03. The summed E-state index contributed by atoms with van der Waals surface area (Å²) in [6.45, 7) is 2.11. The molecule has 0 aromatic heterocycles. The fourth-order valence-electron chi connectivity index (χ4n) is 1.74. The molecule has 5 heteroatoms. The first-order valence-electron chi connectivity index (χ1n) is 5.34. The maximum atomic E-state index is 8.60. The molecule has 0 radical (unpaired) electrons. The van der Waals surface area contributed by atoms with Gasteiger partial charge in [0.25, 0.3) is 0 Å². The second-order valence-electron chi connectivity index (χ2n) is 3.93. The number of rotatable bonds is 3. The predicted octanol–water partition coefficient (Wildman–Crippen LogP) is 2.07. The van der Waals surface area contributed by atoms with Crippen molar-refractivity contribution in [2.75, 3.05) is 26.8 Å². The summed E-state index contributed by atoms with van der Waals surface area (Å²) in [5.41, 5.74) is 1.01. The number of halogens is 1. The quantitative estimate of drug-likeness (QED) is 0.773. The van der Waals surface area contributed by atoms with Crippen LogP contribution in [-0.2, 0) is 6.54 Å². The molecule has 0 N–H and O–H groups in total. The Hall–Kier alpha value is -1.44. The van der Waals surface area contributed by atoms with Crippen molar-refractivity contribution in [2.45, 2.75) is 6.54 Å². The minimum Gasteiger partial charge on any atom is -0.486 e. The van der Waals surface area contributed by atoms with Crippen LogP contribution in [0.3, 0.4) is 0 Å². The molecule has 0 saturated carbocycles. The molecule has 1 aromatic carbocycles. The van der Waals surface area contributed by atoms with Gasteiger partial charge in [0.05, 0.1) is 17.6 Å². The first-order chi connectivity index (χ1) is 8.20. The Morgan fingerprint density at radius 1 is 1.41 bits per heavy atom. The number of nitrogens with zero attached hydrogens (tertiary/aromatic N) is 2. The van der Waals surface area contributed by atoms with E-state index < -0.39 is 0 Å². The van der Waals surface area contributed by atoms with Gasteiger partial charge in [0.1, 0.15) is 13.2 Å². The van der Waals surface area contributed by atoms with Crippen LogP contribution < -0.4 is 9.47 Å². The lowest BCUT2D eigenvalue weighted by atomic mass is 10.2. The van der Waals surface area contributed by atoms with Crippen LogP contribution in [0.2, 0.25) is 5.02 Å². The van der Waals surface area contributed by atoms with E-state index in [1.807, 2.05) is 24.1 Å². The fraction of sp³-hybridized carbons (Fsp3) is 0.417. The summed E-state index contributed by atoms with van der Waals surface area (Å²) in [4.78, 5) is 1.90. The molecule has 0 atom stereocenters. The smallest absolute Gasteiger partial charge is 0.179 e. The molecular formula is C12H13ClN2O2. The second-order valence-corrected chi connectivity index (χ2v) is 4.34. The lowest BCUT2D eigenvalue weighted by Crippen LogP contribution is -2.19. The highest BCUT2D eigenvalue weighted by atomic mass is 35.5. The summed E-state index contributed by atoms with van der Waals surface area (Å²) in [7, 11) is 1.88. The maximum Gasteiger partial charge on any atom is 0.179 e. The molecule has 90 valence electrons. The van der Waals surface area contributed by atoms with E-state index in [1.165, 1.54) is 0 Å². The van der Waals surface area contributed by atoms with Crippen LogP contribution in [0.5, 0.6) is 11.5 Å². The molecule has 0 unspecified atom stereocenters. The molecule has 0 saturated heterocycles. The van der Waals surface area contributed by atoms with Gasteiger partial charge in [-0.25, -0.2) is 0 Å². The summed E-state index contributed by atoms with van der Waals surface area (Å²) in [6.07, 6.45) is 0. The largest absolute Gasteiger partial charge is 0.486 e. The Bertz CT molecular complexity index is 457. The monoisotopic (exact) mass is 252 g/mol. The van der Waals surface area contributed by atoms with E-state index in [0.717, 1.165) is 5.56 Å². The average Bonchev–Trinajstić information content (AvgIpc) is 2.29. The summed E-state index contributed by atoms with van der Waals surface area (Å²) >= 11 is 6.12. The minimum absolute atomic E-state index is 0.381. The topological polar surface area (TPSA) is 45.5 Å². The lowest BCUT2D eigenvalue weighted by Gasteiger charge is -2.21. The Morgan fingerprint density at radius 3 is 2.94 bits per heavy atom. The summed E-state index contributed by atoms with van der Waals surface area (Å²) < 4.78 is 10.9. The molecule has 4 nitrogen and oxygen atoms in total. The number of hydrogen-bond acceptors (Lipinski definition) is 4. The molecular weight excluding hydrogens is 240 g/mol. The van der Waals surface area contributed by atoms with Crippen LogP contribution in [-0.4, -0.2) is 31.7 Å². The van der Waals surface area contributed by atoms with Crippen molar-refractivity contribution in [3.63, 3.8) is 0 Å². The first kappa shape index (κ1) is 12.0. The molecule has 0 fully saturated rings. The molecule has 0 spiro atoms. The zero-order valence-electron chi connectivity index (χ0n) is 9.57. The van der Waals surface area contributed by atoms with Crippen molar-refractivity contribution >= 4 is 11.6 Å². The van der Waals surface area contributed by atoms with Gasteiger partial charge in [0.2, 0.25) is 0 Å². The molecule has 0 bridgehead atoms. The maximum absolute atomic E-state index is 8.60. The van der Waals surface area contributed by atoms with E-state index >= 15 is 0 Å². The number of fused-ring (bicyclic) bond motifs is 1. The van der Waals surface area contributed by atoms with Crippen LogP contribution in [0, 0.1) is 11.3 Å². The van der Waals surface area contributed by atoms with Gasteiger partial charge in [0, 0.05) is 6.54 Å². The van der Waals surface area contributed by atoms with E-state index in [1.54, 1.807) is 0 Å². The molecule has 1 heterocycles. The van der Waals surface area contributed by atoms with Crippen LogP contribution in [0.4, 0.5) is 0 Å².